The molecule has 1 saturated heterocycles. The summed E-state index contributed by atoms with van der Waals surface area (Å²) in [6, 6.07) is 2.75. The van der Waals surface area contributed by atoms with Crippen molar-refractivity contribution in [1.82, 2.24) is 29.2 Å². The van der Waals surface area contributed by atoms with E-state index in [2.05, 4.69) is 9.97 Å². The Morgan fingerprint density at radius 1 is 1.24 bits per heavy atom. The molecule has 182 valence electrons. The van der Waals surface area contributed by atoms with Crippen LogP contribution in [0.4, 0.5) is 9.59 Å². The predicted molar refractivity (Wildman–Crippen MR) is 124 cm³/mol. The first-order chi connectivity index (χ1) is 16.1. The van der Waals surface area contributed by atoms with Crippen molar-refractivity contribution in [1.29, 1.82) is 0 Å². The number of hydrogen-bond donors (Lipinski definition) is 1. The van der Waals surface area contributed by atoms with Gasteiger partial charge in [0.1, 0.15) is 11.9 Å². The normalized spacial score (nSPS) is 17.6. The van der Waals surface area contributed by atoms with Crippen LogP contribution in [0.2, 0.25) is 0 Å². The number of hydrogen-bond acceptors (Lipinski definition) is 5. The lowest BCUT2D eigenvalue weighted by atomic mass is 9.96. The van der Waals surface area contributed by atoms with Crippen molar-refractivity contribution in [3.63, 3.8) is 0 Å². The van der Waals surface area contributed by atoms with Crippen molar-refractivity contribution in [2.24, 2.45) is 0 Å². The second-order valence-electron chi connectivity index (χ2n) is 10.0. The van der Waals surface area contributed by atoms with E-state index in [4.69, 9.17) is 0 Å². The second-order valence-corrected chi connectivity index (χ2v) is 10.0. The van der Waals surface area contributed by atoms with Crippen LogP contribution in [0.15, 0.2) is 30.7 Å². The third-order valence-electron chi connectivity index (χ3n) is 6.67. The van der Waals surface area contributed by atoms with Gasteiger partial charge in [-0.2, -0.15) is 0 Å². The lowest BCUT2D eigenvalue weighted by Crippen LogP contribution is -2.59. The van der Waals surface area contributed by atoms with Crippen LogP contribution in [-0.2, 0) is 17.8 Å². The van der Waals surface area contributed by atoms with Gasteiger partial charge < -0.3 is 14.9 Å². The van der Waals surface area contributed by atoms with Crippen LogP contribution in [0.1, 0.15) is 50.7 Å². The first-order valence-corrected chi connectivity index (χ1v) is 11.6. The molecule has 0 bridgehead atoms. The van der Waals surface area contributed by atoms with Gasteiger partial charge in [-0.1, -0.05) is 6.07 Å². The number of nitrogens with zero attached hydrogens (tertiary/aromatic N) is 6. The van der Waals surface area contributed by atoms with E-state index in [0.717, 1.165) is 11.3 Å². The Hall–Kier alpha value is -3.43. The quantitative estimate of drug-likeness (QED) is 0.722. The fraction of sp³-hybridized carbons (Fsp3) is 0.542. The lowest BCUT2D eigenvalue weighted by molar-refractivity contribution is -0.139. The van der Waals surface area contributed by atoms with E-state index in [9.17, 15) is 19.5 Å². The van der Waals surface area contributed by atoms with Crippen molar-refractivity contribution < 1.29 is 19.5 Å². The molecule has 0 unspecified atom stereocenters. The summed E-state index contributed by atoms with van der Waals surface area (Å²) < 4.78 is 1.65. The molecule has 1 N–H and O–H groups in total. The minimum absolute atomic E-state index is 0.0332. The number of fused-ring (bicyclic) bond motifs is 1. The maximum atomic E-state index is 13.7. The molecular weight excluding hydrogens is 436 g/mol. The molecule has 10 nitrogen and oxygen atoms in total. The molecule has 2 aromatic heterocycles. The number of piperidine rings is 1. The maximum absolute atomic E-state index is 13.7. The summed E-state index contributed by atoms with van der Waals surface area (Å²) in [5.74, 6) is 0.475. The summed E-state index contributed by atoms with van der Waals surface area (Å²) in [6.07, 6.45) is 5.48. The molecule has 0 aromatic carbocycles. The van der Waals surface area contributed by atoms with E-state index in [1.54, 1.807) is 54.9 Å². The highest BCUT2D eigenvalue weighted by Crippen LogP contribution is 2.28. The van der Waals surface area contributed by atoms with Crippen molar-refractivity contribution in [2.75, 3.05) is 13.1 Å². The Labute approximate surface area is 199 Å². The molecule has 34 heavy (non-hydrogen) atoms. The zero-order valence-corrected chi connectivity index (χ0v) is 20.1. The molecule has 10 heteroatoms. The summed E-state index contributed by atoms with van der Waals surface area (Å²) in [5.41, 5.74) is 0.938. The number of aromatic nitrogens is 3. The number of rotatable bonds is 5. The zero-order chi connectivity index (χ0) is 24.6. The molecule has 3 amide bonds. The van der Waals surface area contributed by atoms with E-state index in [1.807, 2.05) is 17.9 Å². The average Bonchev–Trinajstić information content (AvgIpc) is 3.32. The van der Waals surface area contributed by atoms with Gasteiger partial charge in [0, 0.05) is 43.5 Å². The third-order valence-corrected chi connectivity index (χ3v) is 6.67. The van der Waals surface area contributed by atoms with Gasteiger partial charge in [0.05, 0.1) is 18.4 Å². The number of carboxylic acid groups (broad SMARTS) is 1. The number of carbonyl (C=O) groups excluding carboxylic acids is 2. The highest BCUT2D eigenvalue weighted by atomic mass is 16.4. The van der Waals surface area contributed by atoms with E-state index in [0.29, 0.717) is 38.3 Å². The molecular formula is C24H32N6O4. The van der Waals surface area contributed by atoms with Crippen molar-refractivity contribution in [3.8, 4) is 0 Å². The fourth-order valence-corrected chi connectivity index (χ4v) is 5.05. The summed E-state index contributed by atoms with van der Waals surface area (Å²) in [4.78, 5) is 52.0. The van der Waals surface area contributed by atoms with Gasteiger partial charge in [-0.3, -0.25) is 19.2 Å². The van der Waals surface area contributed by atoms with E-state index in [1.165, 1.54) is 4.90 Å². The van der Waals surface area contributed by atoms with Gasteiger partial charge in [0.2, 0.25) is 5.91 Å². The monoisotopic (exact) mass is 468 g/mol. The largest absolute Gasteiger partial charge is 0.465 e. The summed E-state index contributed by atoms with van der Waals surface area (Å²) in [6.45, 7) is 8.67. The molecule has 2 aliphatic heterocycles. The number of carbonyl (C=O) groups is 3. The SMILES string of the molecule is Cc1ncc2n1C(=O)N(C1CCN(C(=O)[C@@H](Cc3cccnc3)N(C(=O)O)C(C)(C)C)CC1)C2. The molecule has 0 saturated carbocycles. The lowest BCUT2D eigenvalue weighted by Gasteiger charge is -2.43. The fourth-order valence-electron chi connectivity index (χ4n) is 5.05. The van der Waals surface area contributed by atoms with Gasteiger partial charge >= 0.3 is 12.1 Å². The van der Waals surface area contributed by atoms with Crippen LogP contribution in [0.25, 0.3) is 0 Å². The van der Waals surface area contributed by atoms with Crippen LogP contribution in [0.5, 0.6) is 0 Å². The summed E-state index contributed by atoms with van der Waals surface area (Å²) in [7, 11) is 0. The molecule has 1 atom stereocenters. The van der Waals surface area contributed by atoms with Crippen LogP contribution in [0, 0.1) is 6.92 Å². The number of likely N-dealkylation sites (tertiary alicyclic amines) is 1. The molecule has 4 heterocycles. The predicted octanol–water partition coefficient (Wildman–Crippen LogP) is 2.75. The number of imidazole rings is 1. The Kier molecular flexibility index (Phi) is 6.33. The van der Waals surface area contributed by atoms with Gasteiger partial charge in [-0.15, -0.1) is 0 Å². The van der Waals surface area contributed by atoms with Gasteiger partial charge in [-0.25, -0.2) is 14.6 Å². The van der Waals surface area contributed by atoms with Crippen LogP contribution < -0.4 is 0 Å². The smallest absolute Gasteiger partial charge is 0.408 e. The number of aryl methyl sites for hydroxylation is 1. The van der Waals surface area contributed by atoms with Gasteiger partial charge in [0.25, 0.3) is 0 Å². The molecule has 2 aromatic rings. The second kappa shape index (κ2) is 9.08. The first kappa shape index (κ1) is 23.7. The van der Waals surface area contributed by atoms with Crippen molar-refractivity contribution in [3.05, 3.63) is 47.8 Å². The minimum Gasteiger partial charge on any atom is -0.465 e. The number of amides is 3. The highest BCUT2D eigenvalue weighted by Gasteiger charge is 2.41. The molecule has 0 spiro atoms. The average molecular weight is 469 g/mol. The topological polar surface area (TPSA) is 112 Å². The number of pyridine rings is 1. The molecule has 0 radical (unpaired) electrons. The van der Waals surface area contributed by atoms with Crippen LogP contribution in [-0.4, -0.2) is 83.1 Å². The Morgan fingerprint density at radius 2 is 1.94 bits per heavy atom. The molecule has 4 rings (SSSR count). The Balaban J connectivity index is 1.48. The van der Waals surface area contributed by atoms with E-state index >= 15 is 0 Å². The Bertz CT molecular complexity index is 1070. The van der Waals surface area contributed by atoms with Crippen LogP contribution >= 0.6 is 0 Å². The summed E-state index contributed by atoms with van der Waals surface area (Å²) >= 11 is 0. The van der Waals surface area contributed by atoms with Crippen molar-refractivity contribution >= 4 is 18.0 Å². The van der Waals surface area contributed by atoms with E-state index in [-0.39, 0.29) is 24.4 Å². The highest BCUT2D eigenvalue weighted by molar-refractivity contribution is 5.86. The summed E-state index contributed by atoms with van der Waals surface area (Å²) in [5, 5.41) is 10.00. The van der Waals surface area contributed by atoms with Crippen molar-refractivity contribution in [2.45, 2.75) is 71.1 Å². The van der Waals surface area contributed by atoms with Gasteiger partial charge in [0.15, 0.2) is 0 Å². The standard InChI is InChI=1S/C24H32N6O4/c1-16-26-14-19-15-28(22(32)29(16)19)18-7-10-27(11-8-18)21(31)20(12-17-6-5-9-25-13-17)30(23(33)34)24(2,3)4/h5-6,9,13-14,18,20H,7-8,10-12,15H2,1-4H3,(H,33,34)/t20-/m1/s1. The molecule has 2 aliphatic rings. The first-order valence-electron chi connectivity index (χ1n) is 11.6. The molecule has 1 fully saturated rings. The van der Waals surface area contributed by atoms with Gasteiger partial charge in [-0.05, 0) is 52.2 Å². The minimum atomic E-state index is -1.13. The maximum Gasteiger partial charge on any atom is 0.408 e. The zero-order valence-electron chi connectivity index (χ0n) is 20.1. The third kappa shape index (κ3) is 4.49. The van der Waals surface area contributed by atoms with Crippen LogP contribution in [0.3, 0.4) is 0 Å². The van der Waals surface area contributed by atoms with E-state index < -0.39 is 17.7 Å². The molecule has 0 aliphatic carbocycles. The Morgan fingerprint density at radius 3 is 2.50 bits per heavy atom.